The van der Waals surface area contributed by atoms with E-state index in [-0.39, 0.29) is 22.2 Å². The van der Waals surface area contributed by atoms with E-state index in [0.717, 1.165) is 0 Å². The molecule has 9 heteroatoms. The van der Waals surface area contributed by atoms with Crippen LogP contribution in [-0.4, -0.2) is 21.0 Å². The van der Waals surface area contributed by atoms with Crippen molar-refractivity contribution >= 4 is 29.2 Å². The minimum atomic E-state index is -0.429. The third kappa shape index (κ3) is 4.29. The summed E-state index contributed by atoms with van der Waals surface area (Å²) in [6.45, 7) is 3.80. The summed E-state index contributed by atoms with van der Waals surface area (Å²) in [5, 5.41) is 16.3. The van der Waals surface area contributed by atoms with Crippen molar-refractivity contribution in [1.29, 1.82) is 5.26 Å². The van der Waals surface area contributed by atoms with Gasteiger partial charge in [0, 0.05) is 12.1 Å². The van der Waals surface area contributed by atoms with Gasteiger partial charge in [0.1, 0.15) is 16.9 Å². The fraction of sp³-hybridized carbons (Fsp3) is 0.211. The normalized spacial score (nSPS) is 11.6. The summed E-state index contributed by atoms with van der Waals surface area (Å²) in [5.41, 5.74) is 7.01. The summed E-state index contributed by atoms with van der Waals surface area (Å²) in [7, 11) is 0. The predicted molar refractivity (Wildman–Crippen MR) is 106 cm³/mol. The van der Waals surface area contributed by atoms with Crippen LogP contribution in [0.25, 0.3) is 0 Å². The van der Waals surface area contributed by atoms with Crippen molar-refractivity contribution in [2.45, 2.75) is 30.5 Å². The number of thioether (sulfide) groups is 1. The highest BCUT2D eigenvalue weighted by Gasteiger charge is 2.21. The molecule has 8 nitrogen and oxygen atoms in total. The number of carbonyl (C=O) groups excluding carboxylic acids is 1. The SMILES string of the molecule is CCc1noc(C(C)Sc2nc(N)c(C(=O)Nc3ccccc3)cc2C#N)n1. The second-order valence-electron chi connectivity index (χ2n) is 5.87. The summed E-state index contributed by atoms with van der Waals surface area (Å²) in [6, 6.07) is 12.5. The van der Waals surface area contributed by atoms with Crippen molar-refractivity contribution in [2.24, 2.45) is 0 Å². The smallest absolute Gasteiger partial charge is 0.259 e. The number of nitriles is 1. The number of hydrogen-bond donors (Lipinski definition) is 2. The molecule has 0 fully saturated rings. The van der Waals surface area contributed by atoms with Gasteiger partial charge in [-0.2, -0.15) is 10.2 Å². The highest BCUT2D eigenvalue weighted by atomic mass is 32.2. The number of benzene rings is 1. The summed E-state index contributed by atoms with van der Waals surface area (Å²) in [5.74, 6) is 0.670. The number of pyridine rings is 1. The van der Waals surface area contributed by atoms with E-state index in [4.69, 9.17) is 10.3 Å². The molecule has 0 aliphatic heterocycles. The molecule has 1 unspecified atom stereocenters. The van der Waals surface area contributed by atoms with Gasteiger partial charge in [-0.1, -0.05) is 42.0 Å². The summed E-state index contributed by atoms with van der Waals surface area (Å²) >= 11 is 1.27. The summed E-state index contributed by atoms with van der Waals surface area (Å²) in [4.78, 5) is 21.1. The number of aryl methyl sites for hydroxylation is 1. The molecule has 3 N–H and O–H groups in total. The molecule has 2 heterocycles. The van der Waals surface area contributed by atoms with Gasteiger partial charge in [0.2, 0.25) is 5.89 Å². The van der Waals surface area contributed by atoms with E-state index in [0.29, 0.717) is 28.8 Å². The Morgan fingerprint density at radius 2 is 2.11 bits per heavy atom. The molecule has 3 rings (SSSR count). The van der Waals surface area contributed by atoms with Gasteiger partial charge in [-0.3, -0.25) is 4.79 Å². The minimum Gasteiger partial charge on any atom is -0.383 e. The van der Waals surface area contributed by atoms with Crippen molar-refractivity contribution in [2.75, 3.05) is 11.1 Å². The molecule has 3 aromatic rings. The van der Waals surface area contributed by atoms with Crippen LogP contribution in [0.2, 0.25) is 0 Å². The van der Waals surface area contributed by atoms with Gasteiger partial charge in [-0.15, -0.1) is 0 Å². The van der Waals surface area contributed by atoms with Gasteiger partial charge in [0.25, 0.3) is 5.91 Å². The highest BCUT2D eigenvalue weighted by Crippen LogP contribution is 2.35. The fourth-order valence-electron chi connectivity index (χ4n) is 2.38. The first-order valence-electron chi connectivity index (χ1n) is 8.58. The predicted octanol–water partition coefficient (Wildman–Crippen LogP) is 3.59. The van der Waals surface area contributed by atoms with E-state index in [2.05, 4.69) is 26.5 Å². The Morgan fingerprint density at radius 1 is 1.36 bits per heavy atom. The number of carbonyl (C=O) groups is 1. The first-order valence-corrected chi connectivity index (χ1v) is 9.46. The van der Waals surface area contributed by atoms with Crippen LogP contribution in [-0.2, 0) is 6.42 Å². The van der Waals surface area contributed by atoms with E-state index < -0.39 is 5.91 Å². The van der Waals surface area contributed by atoms with Crippen LogP contribution >= 0.6 is 11.8 Å². The Labute approximate surface area is 166 Å². The molecular formula is C19H18N6O2S. The Balaban J connectivity index is 1.83. The second-order valence-corrected chi connectivity index (χ2v) is 7.20. The minimum absolute atomic E-state index is 0.0434. The molecule has 1 atom stereocenters. The van der Waals surface area contributed by atoms with Crippen LogP contribution in [0.3, 0.4) is 0 Å². The molecule has 0 saturated carbocycles. The maximum Gasteiger partial charge on any atom is 0.259 e. The Hall–Kier alpha value is -3.38. The number of nitrogens with zero attached hydrogens (tertiary/aromatic N) is 4. The first-order chi connectivity index (χ1) is 13.5. The maximum atomic E-state index is 12.5. The van der Waals surface area contributed by atoms with Crippen LogP contribution in [0.15, 0.2) is 45.9 Å². The van der Waals surface area contributed by atoms with Gasteiger partial charge >= 0.3 is 0 Å². The third-order valence-corrected chi connectivity index (χ3v) is 4.94. The number of para-hydroxylation sites is 1. The van der Waals surface area contributed by atoms with Crippen molar-refractivity contribution in [3.05, 3.63) is 59.2 Å². The van der Waals surface area contributed by atoms with Gasteiger partial charge < -0.3 is 15.6 Å². The number of nitrogen functional groups attached to an aromatic ring is 1. The van der Waals surface area contributed by atoms with Crippen molar-refractivity contribution in [3.63, 3.8) is 0 Å². The number of nitrogens with one attached hydrogen (secondary N) is 1. The fourth-order valence-corrected chi connectivity index (χ4v) is 3.29. The molecule has 1 amide bonds. The lowest BCUT2D eigenvalue weighted by Gasteiger charge is -2.11. The molecule has 0 radical (unpaired) electrons. The highest BCUT2D eigenvalue weighted by molar-refractivity contribution is 7.99. The molecule has 1 aromatic carbocycles. The lowest BCUT2D eigenvalue weighted by atomic mass is 10.2. The first kappa shape index (κ1) is 19.4. The Kier molecular flexibility index (Phi) is 5.91. The molecule has 0 spiro atoms. The standard InChI is InChI=1S/C19H18N6O2S/c1-3-15-23-18(27-25-15)11(2)28-19-12(10-20)9-14(16(21)24-19)17(26)22-13-7-5-4-6-8-13/h4-9,11H,3H2,1-2H3,(H2,21,24)(H,22,26). The molecule has 0 saturated heterocycles. The van der Waals surface area contributed by atoms with Crippen molar-refractivity contribution in [3.8, 4) is 6.07 Å². The van der Waals surface area contributed by atoms with Crippen molar-refractivity contribution in [1.82, 2.24) is 15.1 Å². The van der Waals surface area contributed by atoms with Crippen LogP contribution < -0.4 is 11.1 Å². The monoisotopic (exact) mass is 394 g/mol. The number of nitrogens with two attached hydrogens (primary N) is 1. The quantitative estimate of drug-likeness (QED) is 0.607. The zero-order chi connectivity index (χ0) is 20.1. The molecule has 0 aliphatic carbocycles. The van der Waals surface area contributed by atoms with Crippen molar-refractivity contribution < 1.29 is 9.32 Å². The van der Waals surface area contributed by atoms with E-state index in [1.54, 1.807) is 24.3 Å². The summed E-state index contributed by atoms with van der Waals surface area (Å²) in [6.07, 6.45) is 0.667. The summed E-state index contributed by atoms with van der Waals surface area (Å²) < 4.78 is 5.23. The van der Waals surface area contributed by atoms with Crippen LogP contribution in [0.4, 0.5) is 11.5 Å². The number of hydrogen-bond acceptors (Lipinski definition) is 8. The average Bonchev–Trinajstić information content (AvgIpc) is 3.18. The number of anilines is 2. The van der Waals surface area contributed by atoms with Crippen LogP contribution in [0.5, 0.6) is 0 Å². The average molecular weight is 394 g/mol. The number of rotatable bonds is 6. The number of amides is 1. The zero-order valence-corrected chi connectivity index (χ0v) is 16.2. The van der Waals surface area contributed by atoms with E-state index in [1.165, 1.54) is 17.8 Å². The molecule has 142 valence electrons. The second kappa shape index (κ2) is 8.54. The number of aromatic nitrogens is 3. The van der Waals surface area contributed by atoms with Gasteiger partial charge in [0.05, 0.1) is 16.4 Å². The lowest BCUT2D eigenvalue weighted by molar-refractivity contribution is 0.102. The molecule has 28 heavy (non-hydrogen) atoms. The Morgan fingerprint density at radius 3 is 2.75 bits per heavy atom. The molecule has 0 aliphatic rings. The Bertz CT molecular complexity index is 1030. The van der Waals surface area contributed by atoms with Crippen LogP contribution in [0.1, 0.15) is 46.7 Å². The third-order valence-electron chi connectivity index (χ3n) is 3.85. The van der Waals surface area contributed by atoms with Crippen LogP contribution in [0, 0.1) is 11.3 Å². The molecule has 0 bridgehead atoms. The molecular weight excluding hydrogens is 376 g/mol. The zero-order valence-electron chi connectivity index (χ0n) is 15.3. The van der Waals surface area contributed by atoms with Gasteiger partial charge in [0.15, 0.2) is 5.82 Å². The topological polar surface area (TPSA) is 131 Å². The van der Waals surface area contributed by atoms with E-state index in [1.807, 2.05) is 19.9 Å². The maximum absolute atomic E-state index is 12.5. The lowest BCUT2D eigenvalue weighted by Crippen LogP contribution is -2.15. The largest absolute Gasteiger partial charge is 0.383 e. The van der Waals surface area contributed by atoms with Gasteiger partial charge in [-0.05, 0) is 25.1 Å². The van der Waals surface area contributed by atoms with Gasteiger partial charge in [-0.25, -0.2) is 4.98 Å². The van der Waals surface area contributed by atoms with E-state index in [9.17, 15) is 10.1 Å². The molecule has 2 aromatic heterocycles. The van der Waals surface area contributed by atoms with E-state index >= 15 is 0 Å².